The molecule has 0 saturated carbocycles. The maximum atomic E-state index is 5.33. The SMILES string of the molecule is c1ccc(-c2nc(-n3c4ccccc4c4c3ccc3c5c6sc7ccccc7c6ccc5n(-c5ccccc5)c34)nc3ccccc23)cc1. The average Bonchev–Trinajstić information content (AvgIpc) is 3.82. The Balaban J connectivity index is 1.33. The first-order chi connectivity index (χ1) is 24.3. The smallest absolute Gasteiger partial charge is 0.235 e. The van der Waals surface area contributed by atoms with Crippen molar-refractivity contribution in [2.75, 3.05) is 0 Å². The van der Waals surface area contributed by atoms with Crippen LogP contribution < -0.4 is 0 Å². The topological polar surface area (TPSA) is 35.6 Å². The first-order valence-corrected chi connectivity index (χ1v) is 17.3. The van der Waals surface area contributed by atoms with Crippen LogP contribution >= 0.6 is 11.3 Å². The monoisotopic (exact) mass is 642 g/mol. The zero-order chi connectivity index (χ0) is 32.1. The molecule has 228 valence electrons. The summed E-state index contributed by atoms with van der Waals surface area (Å²) in [6.07, 6.45) is 0. The minimum atomic E-state index is 0.664. The third-order valence-electron chi connectivity index (χ3n) is 9.92. The number of para-hydroxylation sites is 3. The molecule has 11 rings (SSSR count). The molecule has 0 unspecified atom stereocenters. The fourth-order valence-electron chi connectivity index (χ4n) is 7.86. The summed E-state index contributed by atoms with van der Waals surface area (Å²) < 4.78 is 7.35. The van der Waals surface area contributed by atoms with Crippen molar-refractivity contribution in [1.82, 2.24) is 19.1 Å². The lowest BCUT2D eigenvalue weighted by atomic mass is 10.1. The molecule has 0 aliphatic rings. The molecule has 0 amide bonds. The van der Waals surface area contributed by atoms with E-state index in [1.165, 1.54) is 52.8 Å². The second kappa shape index (κ2) is 10.1. The van der Waals surface area contributed by atoms with Gasteiger partial charge in [0.05, 0.1) is 33.3 Å². The van der Waals surface area contributed by atoms with Gasteiger partial charge >= 0.3 is 0 Å². The molecule has 11 aromatic rings. The molecule has 49 heavy (non-hydrogen) atoms. The predicted molar refractivity (Wildman–Crippen MR) is 207 cm³/mol. The Morgan fingerprint density at radius 2 is 1.08 bits per heavy atom. The summed E-state index contributed by atoms with van der Waals surface area (Å²) in [4.78, 5) is 10.5. The van der Waals surface area contributed by atoms with Gasteiger partial charge < -0.3 is 4.57 Å². The Hall–Kier alpha value is -6.30. The van der Waals surface area contributed by atoms with Crippen molar-refractivity contribution >= 4 is 86.0 Å². The van der Waals surface area contributed by atoms with Crippen LogP contribution in [0.2, 0.25) is 0 Å². The van der Waals surface area contributed by atoms with E-state index < -0.39 is 0 Å². The Morgan fingerprint density at radius 1 is 0.429 bits per heavy atom. The summed E-state index contributed by atoms with van der Waals surface area (Å²) >= 11 is 1.89. The standard InChI is InChI=1S/C44H26N4S/c1-3-13-27(14-4-1)41-31-18-7-10-20-34(31)45-44(46-41)48-35-21-11-8-19-32(35)39-36(48)26-24-33-40-37(47(42(33)39)28-15-5-2-6-16-28)25-23-30-29-17-9-12-22-38(29)49-43(30)40/h1-26H. The van der Waals surface area contributed by atoms with Crippen molar-refractivity contribution in [2.45, 2.75) is 0 Å². The first-order valence-electron chi connectivity index (χ1n) is 16.5. The van der Waals surface area contributed by atoms with Gasteiger partial charge in [-0.1, -0.05) is 115 Å². The molecule has 0 atom stereocenters. The molecule has 0 spiro atoms. The number of hydrogen-bond donors (Lipinski definition) is 0. The molecule has 7 aromatic carbocycles. The Labute approximate surface area is 284 Å². The van der Waals surface area contributed by atoms with E-state index in [0.717, 1.165) is 38.9 Å². The highest BCUT2D eigenvalue weighted by atomic mass is 32.1. The Kier molecular flexibility index (Phi) is 5.51. The highest BCUT2D eigenvalue weighted by Crippen LogP contribution is 2.46. The summed E-state index contributed by atoms with van der Waals surface area (Å²) in [6, 6.07) is 56.2. The normalized spacial score (nSPS) is 12.1. The van der Waals surface area contributed by atoms with Crippen LogP contribution in [0.15, 0.2) is 158 Å². The lowest BCUT2D eigenvalue weighted by Crippen LogP contribution is -2.03. The van der Waals surface area contributed by atoms with E-state index in [9.17, 15) is 0 Å². The number of benzene rings is 7. The van der Waals surface area contributed by atoms with E-state index >= 15 is 0 Å². The van der Waals surface area contributed by atoms with E-state index in [1.807, 2.05) is 17.4 Å². The van der Waals surface area contributed by atoms with Crippen molar-refractivity contribution in [3.8, 4) is 22.9 Å². The summed E-state index contributed by atoms with van der Waals surface area (Å²) in [5.41, 5.74) is 8.62. The number of fused-ring (bicyclic) bond motifs is 12. The molecule has 0 aliphatic carbocycles. The quantitative estimate of drug-likeness (QED) is 0.192. The van der Waals surface area contributed by atoms with Gasteiger partial charge in [0.1, 0.15) is 0 Å². The van der Waals surface area contributed by atoms with Crippen LogP contribution in [0.4, 0.5) is 0 Å². The summed E-state index contributed by atoms with van der Waals surface area (Å²) in [5, 5.41) is 8.57. The molecule has 0 fully saturated rings. The number of nitrogens with zero attached hydrogens (tertiary/aromatic N) is 4. The number of thiophene rings is 1. The van der Waals surface area contributed by atoms with Crippen LogP contribution in [-0.2, 0) is 0 Å². The minimum absolute atomic E-state index is 0.664. The van der Waals surface area contributed by atoms with E-state index in [4.69, 9.17) is 9.97 Å². The molecule has 0 N–H and O–H groups in total. The first kappa shape index (κ1) is 26.7. The fourth-order valence-corrected chi connectivity index (χ4v) is 9.12. The molecule has 4 heterocycles. The molecule has 0 aliphatic heterocycles. The van der Waals surface area contributed by atoms with Crippen LogP contribution in [0.3, 0.4) is 0 Å². The molecular formula is C44H26N4S. The van der Waals surface area contributed by atoms with Gasteiger partial charge in [0, 0.05) is 58.4 Å². The van der Waals surface area contributed by atoms with E-state index in [1.54, 1.807) is 0 Å². The van der Waals surface area contributed by atoms with Gasteiger partial charge in [0.2, 0.25) is 5.95 Å². The summed E-state index contributed by atoms with van der Waals surface area (Å²) in [5.74, 6) is 0.664. The van der Waals surface area contributed by atoms with Crippen molar-refractivity contribution in [1.29, 1.82) is 0 Å². The van der Waals surface area contributed by atoms with Gasteiger partial charge in [0.25, 0.3) is 0 Å². The predicted octanol–water partition coefficient (Wildman–Crippen LogP) is 11.9. The molecular weight excluding hydrogens is 617 g/mol. The van der Waals surface area contributed by atoms with Crippen LogP contribution in [0.5, 0.6) is 0 Å². The van der Waals surface area contributed by atoms with Crippen LogP contribution in [0, 0.1) is 0 Å². The van der Waals surface area contributed by atoms with E-state index in [0.29, 0.717) is 5.95 Å². The van der Waals surface area contributed by atoms with Crippen LogP contribution in [0.1, 0.15) is 0 Å². The van der Waals surface area contributed by atoms with Gasteiger partial charge in [-0.2, -0.15) is 0 Å². The third-order valence-corrected chi connectivity index (χ3v) is 11.1. The fraction of sp³-hybridized carbons (Fsp3) is 0. The van der Waals surface area contributed by atoms with Gasteiger partial charge in [-0.15, -0.1) is 11.3 Å². The zero-order valence-electron chi connectivity index (χ0n) is 26.2. The number of hydrogen-bond acceptors (Lipinski definition) is 3. The van der Waals surface area contributed by atoms with Gasteiger partial charge in [-0.3, -0.25) is 4.57 Å². The molecule has 5 heteroatoms. The Morgan fingerprint density at radius 3 is 1.92 bits per heavy atom. The van der Waals surface area contributed by atoms with Crippen molar-refractivity contribution < 1.29 is 0 Å². The number of aromatic nitrogens is 4. The molecule has 4 aromatic heterocycles. The molecule has 0 saturated heterocycles. The lowest BCUT2D eigenvalue weighted by molar-refractivity contribution is 1.01. The second-order valence-corrected chi connectivity index (χ2v) is 13.6. The third kappa shape index (κ3) is 3.73. The highest BCUT2D eigenvalue weighted by molar-refractivity contribution is 7.26. The van der Waals surface area contributed by atoms with Gasteiger partial charge in [-0.05, 0) is 42.5 Å². The van der Waals surface area contributed by atoms with E-state index in [-0.39, 0.29) is 0 Å². The summed E-state index contributed by atoms with van der Waals surface area (Å²) in [7, 11) is 0. The minimum Gasteiger partial charge on any atom is -0.308 e. The van der Waals surface area contributed by atoms with Crippen molar-refractivity contribution in [3.63, 3.8) is 0 Å². The second-order valence-electron chi connectivity index (χ2n) is 12.6. The lowest BCUT2D eigenvalue weighted by Gasteiger charge is -2.12. The Bertz CT molecular complexity index is 3100. The highest BCUT2D eigenvalue weighted by Gasteiger charge is 2.24. The van der Waals surface area contributed by atoms with Crippen LogP contribution in [-0.4, -0.2) is 19.1 Å². The van der Waals surface area contributed by atoms with Gasteiger partial charge in [-0.25, -0.2) is 9.97 Å². The average molecular weight is 643 g/mol. The molecule has 4 nitrogen and oxygen atoms in total. The maximum Gasteiger partial charge on any atom is 0.235 e. The largest absolute Gasteiger partial charge is 0.308 e. The zero-order valence-corrected chi connectivity index (χ0v) is 27.0. The van der Waals surface area contributed by atoms with E-state index in [2.05, 4.69) is 161 Å². The van der Waals surface area contributed by atoms with Gasteiger partial charge in [0.15, 0.2) is 0 Å². The number of rotatable bonds is 3. The van der Waals surface area contributed by atoms with Crippen LogP contribution in [0.25, 0.3) is 97.6 Å². The van der Waals surface area contributed by atoms with Crippen molar-refractivity contribution in [2.24, 2.45) is 0 Å². The maximum absolute atomic E-state index is 5.33. The summed E-state index contributed by atoms with van der Waals surface area (Å²) in [6.45, 7) is 0. The molecule has 0 radical (unpaired) electrons. The van der Waals surface area contributed by atoms with Crippen molar-refractivity contribution in [3.05, 3.63) is 158 Å². The molecule has 0 bridgehead atoms.